The molecule has 112 valence electrons. The van der Waals surface area contributed by atoms with Crippen molar-refractivity contribution in [2.24, 2.45) is 0 Å². The molecule has 0 aliphatic heterocycles. The van der Waals surface area contributed by atoms with Crippen LogP contribution in [0.5, 0.6) is 0 Å². The van der Waals surface area contributed by atoms with Crippen molar-refractivity contribution < 1.29 is 5.11 Å². The Labute approximate surface area is 134 Å². The minimum Gasteiger partial charge on any atom is -0.384 e. The summed E-state index contributed by atoms with van der Waals surface area (Å²) < 4.78 is 0. The largest absolute Gasteiger partial charge is 0.384 e. The van der Waals surface area contributed by atoms with E-state index in [-0.39, 0.29) is 0 Å². The van der Waals surface area contributed by atoms with E-state index in [2.05, 4.69) is 31.5 Å². The topological polar surface area (TPSA) is 20.2 Å². The average Bonchev–Trinajstić information content (AvgIpc) is 2.52. The van der Waals surface area contributed by atoms with Gasteiger partial charge in [0.1, 0.15) is 0 Å². The third-order valence-electron chi connectivity index (χ3n) is 3.39. The molecule has 0 aromatic heterocycles. The highest BCUT2D eigenvalue weighted by Gasteiger charge is 2.19. The Hall–Kier alpha value is -2.08. The molecule has 0 radical (unpaired) electrons. The van der Waals surface area contributed by atoms with Gasteiger partial charge in [-0.1, -0.05) is 80.0 Å². The molecular formula is C20H22OSi. The molecule has 0 spiro atoms. The van der Waals surface area contributed by atoms with Gasteiger partial charge in [0, 0.05) is 5.56 Å². The molecule has 0 saturated heterocycles. The van der Waals surface area contributed by atoms with Crippen LogP contribution < -0.4 is 0 Å². The number of aliphatic hydroxyl groups is 1. The molecule has 2 heteroatoms. The fourth-order valence-corrected chi connectivity index (χ4v) is 3.14. The van der Waals surface area contributed by atoms with Crippen molar-refractivity contribution in [1.29, 1.82) is 0 Å². The second-order valence-electron chi connectivity index (χ2n) is 6.30. The fourth-order valence-electron chi connectivity index (χ4n) is 2.04. The van der Waals surface area contributed by atoms with Crippen molar-refractivity contribution >= 4 is 8.07 Å². The van der Waals surface area contributed by atoms with E-state index in [1.807, 2.05) is 66.7 Å². The van der Waals surface area contributed by atoms with Gasteiger partial charge in [-0.2, -0.15) is 0 Å². The minimum absolute atomic E-state index is 0.604. The van der Waals surface area contributed by atoms with Gasteiger partial charge in [-0.15, -0.1) is 0 Å². The van der Waals surface area contributed by atoms with Gasteiger partial charge in [0.15, 0.2) is 0 Å². The lowest BCUT2D eigenvalue weighted by molar-refractivity contribution is 0.228. The summed E-state index contributed by atoms with van der Waals surface area (Å²) in [7, 11) is -1.61. The summed E-state index contributed by atoms with van der Waals surface area (Å²) in [6, 6.07) is 19.7. The van der Waals surface area contributed by atoms with Gasteiger partial charge in [0.05, 0.1) is 14.2 Å². The molecule has 22 heavy (non-hydrogen) atoms. The smallest absolute Gasteiger partial charge is 0.0979 e. The Balaban J connectivity index is 2.32. The number of rotatable bonds is 3. The molecule has 2 aromatic rings. The Morgan fingerprint density at radius 1 is 0.955 bits per heavy atom. The van der Waals surface area contributed by atoms with Crippen molar-refractivity contribution in [2.75, 3.05) is 0 Å². The maximum atomic E-state index is 10.4. The first-order chi connectivity index (χ1) is 10.5. The molecule has 2 rings (SSSR count). The summed E-state index contributed by atoms with van der Waals surface area (Å²) in [6.45, 7) is 6.74. The molecule has 1 atom stereocenters. The fraction of sp³-hybridized carbons (Fsp3) is 0.200. The number of hydrogen-bond acceptors (Lipinski definition) is 1. The molecule has 0 aliphatic carbocycles. The van der Waals surface area contributed by atoms with Crippen molar-refractivity contribution in [3.63, 3.8) is 0 Å². The normalized spacial score (nSPS) is 13.2. The predicted octanol–water partition coefficient (Wildman–Crippen LogP) is 4.58. The molecule has 1 unspecified atom stereocenters. The number of allylic oxidation sites excluding steroid dienone is 1. The number of hydrogen-bond donors (Lipinski definition) is 1. The van der Waals surface area contributed by atoms with Crippen LogP contribution in [0.2, 0.25) is 19.6 Å². The van der Waals surface area contributed by atoms with Gasteiger partial charge in [0.25, 0.3) is 0 Å². The van der Waals surface area contributed by atoms with E-state index in [0.717, 1.165) is 16.3 Å². The van der Waals surface area contributed by atoms with Crippen LogP contribution in [0.1, 0.15) is 17.2 Å². The lowest BCUT2D eigenvalue weighted by Gasteiger charge is -2.18. The summed E-state index contributed by atoms with van der Waals surface area (Å²) in [4.78, 5) is 0. The van der Waals surface area contributed by atoms with Crippen LogP contribution in [0.15, 0.2) is 71.9 Å². The van der Waals surface area contributed by atoms with Crippen molar-refractivity contribution in [1.82, 2.24) is 0 Å². The molecule has 0 aliphatic rings. The lowest BCUT2D eigenvalue weighted by Crippen LogP contribution is -2.23. The van der Waals surface area contributed by atoms with E-state index in [1.54, 1.807) is 0 Å². The highest BCUT2D eigenvalue weighted by Crippen LogP contribution is 2.21. The van der Waals surface area contributed by atoms with Gasteiger partial charge in [-0.3, -0.25) is 0 Å². The molecule has 0 amide bonds. The SMILES string of the molecule is C[Si](C)(C)/C(C#Cc1ccccc1)=C/C(O)c1ccccc1. The van der Waals surface area contributed by atoms with E-state index in [9.17, 15) is 5.11 Å². The Morgan fingerprint density at radius 2 is 1.50 bits per heavy atom. The zero-order valence-electron chi connectivity index (χ0n) is 13.4. The third-order valence-corrected chi connectivity index (χ3v) is 5.30. The van der Waals surface area contributed by atoms with Crippen LogP contribution in [-0.4, -0.2) is 13.2 Å². The first-order valence-corrected chi connectivity index (χ1v) is 11.0. The Kier molecular flexibility index (Phi) is 5.38. The van der Waals surface area contributed by atoms with Gasteiger partial charge in [-0.05, 0) is 29.0 Å². The van der Waals surface area contributed by atoms with E-state index < -0.39 is 14.2 Å². The molecule has 0 fully saturated rings. The first kappa shape index (κ1) is 16.3. The van der Waals surface area contributed by atoms with Crippen LogP contribution in [0, 0.1) is 11.8 Å². The maximum absolute atomic E-state index is 10.4. The molecule has 1 N–H and O–H groups in total. The van der Waals surface area contributed by atoms with E-state index >= 15 is 0 Å². The van der Waals surface area contributed by atoms with Crippen LogP contribution in [0.25, 0.3) is 0 Å². The predicted molar refractivity (Wildman–Crippen MR) is 96.2 cm³/mol. The van der Waals surface area contributed by atoms with Gasteiger partial charge in [0.2, 0.25) is 0 Å². The van der Waals surface area contributed by atoms with Crippen LogP contribution in [-0.2, 0) is 0 Å². The van der Waals surface area contributed by atoms with Crippen molar-refractivity contribution in [2.45, 2.75) is 25.7 Å². The zero-order chi connectivity index (χ0) is 16.0. The average molecular weight is 306 g/mol. The summed E-state index contributed by atoms with van der Waals surface area (Å²) >= 11 is 0. The standard InChI is InChI=1S/C20H22OSi/c1-22(2,3)19(15-14-17-10-6-4-7-11-17)16-20(21)18-12-8-5-9-13-18/h4-13,16,20-21H,1-3H3/b19-16+. The number of benzene rings is 2. The van der Waals surface area contributed by atoms with E-state index in [1.165, 1.54) is 0 Å². The second kappa shape index (κ2) is 7.26. The van der Waals surface area contributed by atoms with E-state index in [4.69, 9.17) is 0 Å². The Bertz CT molecular complexity index is 685. The second-order valence-corrected chi connectivity index (χ2v) is 11.3. The maximum Gasteiger partial charge on any atom is 0.0979 e. The zero-order valence-corrected chi connectivity index (χ0v) is 14.4. The van der Waals surface area contributed by atoms with Crippen LogP contribution in [0.3, 0.4) is 0 Å². The Morgan fingerprint density at radius 3 is 2.05 bits per heavy atom. The van der Waals surface area contributed by atoms with Gasteiger partial charge >= 0.3 is 0 Å². The summed E-state index contributed by atoms with van der Waals surface area (Å²) in [5, 5.41) is 11.5. The van der Waals surface area contributed by atoms with E-state index in [0.29, 0.717) is 0 Å². The lowest BCUT2D eigenvalue weighted by atomic mass is 10.1. The molecule has 0 bridgehead atoms. The summed E-state index contributed by atoms with van der Waals surface area (Å²) in [5.74, 6) is 6.50. The molecular weight excluding hydrogens is 284 g/mol. The van der Waals surface area contributed by atoms with Gasteiger partial charge in [-0.25, -0.2) is 0 Å². The highest BCUT2D eigenvalue weighted by molar-refractivity contribution is 6.84. The summed E-state index contributed by atoms with van der Waals surface area (Å²) in [5.41, 5.74) is 1.90. The summed E-state index contributed by atoms with van der Waals surface area (Å²) in [6.07, 6.45) is 1.31. The molecule has 0 heterocycles. The molecule has 1 nitrogen and oxygen atoms in total. The molecule has 2 aromatic carbocycles. The third kappa shape index (κ3) is 4.73. The molecule has 0 saturated carbocycles. The van der Waals surface area contributed by atoms with Crippen molar-refractivity contribution in [3.8, 4) is 11.8 Å². The highest BCUT2D eigenvalue weighted by atomic mass is 28.3. The van der Waals surface area contributed by atoms with Crippen LogP contribution in [0.4, 0.5) is 0 Å². The van der Waals surface area contributed by atoms with Gasteiger partial charge < -0.3 is 5.11 Å². The first-order valence-electron chi connectivity index (χ1n) is 7.49. The minimum atomic E-state index is -1.61. The van der Waals surface area contributed by atoms with Crippen LogP contribution >= 0.6 is 0 Å². The quantitative estimate of drug-likeness (QED) is 0.650. The van der Waals surface area contributed by atoms with Crippen molar-refractivity contribution in [3.05, 3.63) is 83.1 Å². The monoisotopic (exact) mass is 306 g/mol. The number of aliphatic hydroxyl groups excluding tert-OH is 1.